The number of sulfonamides is 1. The molecular weight excluding hydrogens is 444 g/mol. The zero-order valence-electron chi connectivity index (χ0n) is 19.8. The van der Waals surface area contributed by atoms with Crippen LogP contribution in [0, 0.1) is 0 Å². The fourth-order valence-electron chi connectivity index (χ4n) is 4.72. The zero-order chi connectivity index (χ0) is 24.0. The summed E-state index contributed by atoms with van der Waals surface area (Å²) in [6.07, 6.45) is 5.99. The van der Waals surface area contributed by atoms with Crippen molar-refractivity contribution in [3.05, 3.63) is 95.3 Å². The lowest BCUT2D eigenvalue weighted by molar-refractivity contribution is 0.164. The second-order valence-electron chi connectivity index (χ2n) is 8.96. The van der Waals surface area contributed by atoms with E-state index in [-0.39, 0.29) is 6.04 Å². The van der Waals surface area contributed by atoms with Gasteiger partial charge in [-0.2, -0.15) is 4.31 Å². The molecule has 6 nitrogen and oxygen atoms in total. The maximum absolute atomic E-state index is 13.3. The highest BCUT2D eigenvalue weighted by Gasteiger charge is 2.27. The first-order chi connectivity index (χ1) is 16.5. The third kappa shape index (κ3) is 5.73. The van der Waals surface area contributed by atoms with Crippen molar-refractivity contribution >= 4 is 10.0 Å². The van der Waals surface area contributed by atoms with Crippen LogP contribution in [0.2, 0.25) is 0 Å². The lowest BCUT2D eigenvalue weighted by atomic mass is 9.90. The molecule has 180 valence electrons. The van der Waals surface area contributed by atoms with Crippen molar-refractivity contribution < 1.29 is 8.42 Å². The minimum Gasteiger partial charge on any atom is -0.330 e. The summed E-state index contributed by atoms with van der Waals surface area (Å²) in [7, 11) is -1.97. The molecule has 7 heteroatoms. The number of rotatable bonds is 10. The number of aromatic nitrogens is 1. The van der Waals surface area contributed by atoms with Gasteiger partial charge in [0.05, 0.1) is 16.6 Å². The zero-order valence-corrected chi connectivity index (χ0v) is 20.6. The minimum atomic E-state index is -3.60. The van der Waals surface area contributed by atoms with Crippen LogP contribution in [-0.4, -0.2) is 42.7 Å². The molecule has 1 atom stereocenters. The van der Waals surface area contributed by atoms with E-state index in [9.17, 15) is 8.42 Å². The van der Waals surface area contributed by atoms with Gasteiger partial charge in [-0.3, -0.25) is 9.88 Å². The molecule has 0 fully saturated rings. The first kappa shape index (κ1) is 24.5. The van der Waals surface area contributed by atoms with Crippen molar-refractivity contribution in [2.45, 2.75) is 49.7 Å². The summed E-state index contributed by atoms with van der Waals surface area (Å²) in [6, 6.07) is 21.4. The fraction of sp³-hybridized carbons (Fsp3) is 0.370. The molecule has 0 aliphatic heterocycles. The third-order valence-corrected chi connectivity index (χ3v) is 8.30. The summed E-state index contributed by atoms with van der Waals surface area (Å²) in [6.45, 7) is 2.46. The number of nitrogens with zero attached hydrogens (tertiary/aromatic N) is 3. The second kappa shape index (κ2) is 11.2. The van der Waals surface area contributed by atoms with Gasteiger partial charge in [-0.1, -0.05) is 48.5 Å². The molecule has 1 unspecified atom stereocenters. The molecule has 1 aliphatic carbocycles. The molecule has 4 rings (SSSR count). The first-order valence-electron chi connectivity index (χ1n) is 12.0. The number of fused-ring (bicyclic) bond motifs is 1. The van der Waals surface area contributed by atoms with Crippen LogP contribution in [0.1, 0.15) is 47.7 Å². The third-order valence-electron chi connectivity index (χ3n) is 6.50. The average Bonchev–Trinajstić information content (AvgIpc) is 2.87. The molecule has 0 radical (unpaired) electrons. The summed E-state index contributed by atoms with van der Waals surface area (Å²) < 4.78 is 28.0. The number of hydrogen-bond acceptors (Lipinski definition) is 5. The van der Waals surface area contributed by atoms with Gasteiger partial charge < -0.3 is 5.73 Å². The van der Waals surface area contributed by atoms with E-state index in [1.54, 1.807) is 13.1 Å². The Morgan fingerprint density at radius 3 is 2.59 bits per heavy atom. The van der Waals surface area contributed by atoms with Crippen LogP contribution in [0.4, 0.5) is 0 Å². The van der Waals surface area contributed by atoms with Crippen molar-refractivity contribution in [2.24, 2.45) is 5.73 Å². The van der Waals surface area contributed by atoms with Crippen molar-refractivity contribution in [1.29, 1.82) is 0 Å². The molecule has 0 saturated heterocycles. The predicted molar refractivity (Wildman–Crippen MR) is 136 cm³/mol. The number of aryl methyl sites for hydroxylation is 1. The second-order valence-corrected chi connectivity index (χ2v) is 11.0. The molecule has 0 saturated carbocycles. The number of benzene rings is 2. The largest absolute Gasteiger partial charge is 0.330 e. The van der Waals surface area contributed by atoms with Gasteiger partial charge in [0.2, 0.25) is 10.0 Å². The van der Waals surface area contributed by atoms with Crippen LogP contribution in [-0.2, 0) is 29.5 Å². The molecule has 0 amide bonds. The number of pyridine rings is 1. The van der Waals surface area contributed by atoms with E-state index in [1.807, 2.05) is 60.8 Å². The van der Waals surface area contributed by atoms with Crippen LogP contribution in [0.5, 0.6) is 0 Å². The molecule has 0 spiro atoms. The highest BCUT2D eigenvalue weighted by atomic mass is 32.2. The van der Waals surface area contributed by atoms with E-state index in [0.717, 1.165) is 49.0 Å². The van der Waals surface area contributed by atoms with E-state index in [1.165, 1.54) is 9.87 Å². The lowest BCUT2D eigenvalue weighted by Crippen LogP contribution is -2.33. The molecule has 2 aromatic carbocycles. The summed E-state index contributed by atoms with van der Waals surface area (Å²) in [5.41, 5.74) is 10.3. The number of nitrogens with two attached hydrogens (primary N) is 1. The topological polar surface area (TPSA) is 79.5 Å². The van der Waals surface area contributed by atoms with Crippen LogP contribution in [0.3, 0.4) is 0 Å². The highest BCUT2D eigenvalue weighted by molar-refractivity contribution is 7.89. The Morgan fingerprint density at radius 1 is 1.00 bits per heavy atom. The van der Waals surface area contributed by atoms with Gasteiger partial charge in [0.15, 0.2) is 0 Å². The molecule has 0 bridgehead atoms. The molecule has 3 aromatic rings. The summed E-state index contributed by atoms with van der Waals surface area (Å²) in [4.78, 5) is 7.45. The quantitative estimate of drug-likeness (QED) is 0.474. The van der Waals surface area contributed by atoms with Crippen LogP contribution in [0.15, 0.2) is 77.8 Å². The van der Waals surface area contributed by atoms with Crippen molar-refractivity contribution in [3.8, 4) is 0 Å². The van der Waals surface area contributed by atoms with Gasteiger partial charge in [-0.25, -0.2) is 8.42 Å². The SMILES string of the molecule is CN(Cc1ccccc1)S(=O)(=O)c1cccc(CN(CCCN)C2CCCc3cccnc32)c1. The molecule has 1 heterocycles. The van der Waals surface area contributed by atoms with Crippen molar-refractivity contribution in [3.63, 3.8) is 0 Å². The van der Waals surface area contributed by atoms with Crippen LogP contribution >= 0.6 is 0 Å². The molecule has 1 aromatic heterocycles. The van der Waals surface area contributed by atoms with Crippen molar-refractivity contribution in [1.82, 2.24) is 14.2 Å². The maximum Gasteiger partial charge on any atom is 0.243 e. The Kier molecular flexibility index (Phi) is 8.11. The van der Waals surface area contributed by atoms with Crippen LogP contribution < -0.4 is 5.73 Å². The maximum atomic E-state index is 13.3. The fourth-order valence-corrected chi connectivity index (χ4v) is 5.95. The number of hydrogen-bond donors (Lipinski definition) is 1. The normalized spacial score (nSPS) is 16.1. The Balaban J connectivity index is 1.56. The summed E-state index contributed by atoms with van der Waals surface area (Å²) in [5, 5.41) is 0. The van der Waals surface area contributed by atoms with Gasteiger partial charge >= 0.3 is 0 Å². The van der Waals surface area contributed by atoms with Gasteiger partial charge in [0.1, 0.15) is 0 Å². The predicted octanol–water partition coefficient (Wildman–Crippen LogP) is 4.13. The van der Waals surface area contributed by atoms with E-state index >= 15 is 0 Å². The highest BCUT2D eigenvalue weighted by Crippen LogP contribution is 2.34. The van der Waals surface area contributed by atoms with E-state index in [4.69, 9.17) is 10.7 Å². The van der Waals surface area contributed by atoms with E-state index < -0.39 is 10.0 Å². The Labute approximate surface area is 203 Å². The molecule has 1 aliphatic rings. The average molecular weight is 479 g/mol. The Bertz CT molecular complexity index is 1180. The van der Waals surface area contributed by atoms with Crippen LogP contribution in [0.25, 0.3) is 0 Å². The summed E-state index contributed by atoms with van der Waals surface area (Å²) >= 11 is 0. The van der Waals surface area contributed by atoms with Gasteiger partial charge in [0, 0.05) is 32.9 Å². The first-order valence-corrected chi connectivity index (χ1v) is 13.4. The molecular formula is C27H34N4O2S. The van der Waals surface area contributed by atoms with Gasteiger partial charge in [0.25, 0.3) is 0 Å². The van der Waals surface area contributed by atoms with E-state index in [2.05, 4.69) is 11.0 Å². The Hall–Kier alpha value is -2.58. The van der Waals surface area contributed by atoms with Gasteiger partial charge in [-0.05, 0) is 67.1 Å². The Morgan fingerprint density at radius 2 is 1.79 bits per heavy atom. The van der Waals surface area contributed by atoms with E-state index in [0.29, 0.717) is 24.5 Å². The standard InChI is InChI=1S/C27H34N4O2S/c1-30(20-22-9-3-2-4-10-22)34(32,33)25-14-5-11-23(19-25)21-31(18-8-16-28)26-15-6-12-24-13-7-17-29-27(24)26/h2-5,7,9-11,13-14,17,19,26H,6,8,12,15-16,18,20-21,28H2,1H3. The molecule has 34 heavy (non-hydrogen) atoms. The minimum absolute atomic E-state index is 0.220. The smallest absolute Gasteiger partial charge is 0.243 e. The molecule has 2 N–H and O–H groups in total. The van der Waals surface area contributed by atoms with Gasteiger partial charge in [-0.15, -0.1) is 0 Å². The monoisotopic (exact) mass is 478 g/mol. The van der Waals surface area contributed by atoms with Crippen molar-refractivity contribution in [2.75, 3.05) is 20.1 Å². The lowest BCUT2D eigenvalue weighted by Gasteiger charge is -2.35. The summed E-state index contributed by atoms with van der Waals surface area (Å²) in [5.74, 6) is 0.